The highest BCUT2D eigenvalue weighted by Gasteiger charge is 1.89. The normalized spacial score (nSPS) is 11.5. The van der Waals surface area contributed by atoms with Crippen molar-refractivity contribution in [2.24, 2.45) is 5.14 Å². The second-order valence-corrected chi connectivity index (χ2v) is 2.47. The molecule has 2 N–H and O–H groups in total. The van der Waals surface area contributed by atoms with E-state index in [1.807, 2.05) is 0 Å². The van der Waals surface area contributed by atoms with E-state index in [1.165, 1.54) is 6.07 Å². The molecule has 0 aromatic rings. The van der Waals surface area contributed by atoms with Crippen LogP contribution in [0, 0.1) is 11.3 Å². The van der Waals surface area contributed by atoms with Crippen LogP contribution >= 0.6 is 0 Å². The van der Waals surface area contributed by atoms with Crippen molar-refractivity contribution in [2.45, 2.75) is 0 Å². The van der Waals surface area contributed by atoms with Gasteiger partial charge in [-0.25, -0.2) is 13.6 Å². The molecule has 0 fully saturated rings. The molecule has 4 nitrogen and oxygen atoms in total. The third kappa shape index (κ3) is 5.14. The van der Waals surface area contributed by atoms with E-state index in [1.54, 1.807) is 0 Å². The van der Waals surface area contributed by atoms with Crippen LogP contribution in [-0.4, -0.2) is 8.42 Å². The SMILES string of the molecule is N#CC=CS(N)(=O)=O. The summed E-state index contributed by atoms with van der Waals surface area (Å²) in [7, 11) is -3.59. The third-order valence-corrected chi connectivity index (χ3v) is 0.848. The van der Waals surface area contributed by atoms with Crippen LogP contribution in [0.3, 0.4) is 0 Å². The van der Waals surface area contributed by atoms with Crippen LogP contribution in [0.15, 0.2) is 11.5 Å². The number of nitrogens with zero attached hydrogens (tertiary/aromatic N) is 1. The lowest BCUT2D eigenvalue weighted by Crippen LogP contribution is -2.06. The summed E-state index contributed by atoms with van der Waals surface area (Å²) in [5.74, 6) is 0. The molecule has 0 saturated heterocycles. The number of nitrogens with two attached hydrogens (primary N) is 1. The summed E-state index contributed by atoms with van der Waals surface area (Å²) >= 11 is 0. The Labute approximate surface area is 47.3 Å². The molecule has 0 rings (SSSR count). The van der Waals surface area contributed by atoms with Gasteiger partial charge in [-0.05, 0) is 0 Å². The molecular weight excluding hydrogens is 128 g/mol. The molecule has 0 aliphatic heterocycles. The van der Waals surface area contributed by atoms with Crippen molar-refractivity contribution >= 4 is 10.0 Å². The summed E-state index contributed by atoms with van der Waals surface area (Å²) in [5, 5.41) is 12.9. The monoisotopic (exact) mass is 132 g/mol. The number of hydrogen-bond donors (Lipinski definition) is 1. The second-order valence-electron chi connectivity index (χ2n) is 1.02. The molecule has 0 amide bonds. The Balaban J connectivity index is 4.19. The van der Waals surface area contributed by atoms with Gasteiger partial charge < -0.3 is 0 Å². The number of sulfonamides is 1. The minimum absolute atomic E-state index is 0.632. The summed E-state index contributed by atoms with van der Waals surface area (Å²) in [4.78, 5) is 0. The van der Waals surface area contributed by atoms with Crippen LogP contribution in [-0.2, 0) is 10.0 Å². The fraction of sp³-hybridized carbons (Fsp3) is 0. The molecule has 0 heterocycles. The van der Waals surface area contributed by atoms with Crippen molar-refractivity contribution in [3.63, 3.8) is 0 Å². The molecule has 0 aliphatic rings. The summed E-state index contributed by atoms with van der Waals surface area (Å²) in [6, 6.07) is 1.48. The predicted octanol–water partition coefficient (Wildman–Crippen LogP) is -0.688. The fourth-order valence-electron chi connectivity index (χ4n) is 0.125. The molecule has 0 bridgehead atoms. The van der Waals surface area contributed by atoms with Gasteiger partial charge in [0.2, 0.25) is 10.0 Å². The van der Waals surface area contributed by atoms with Crippen LogP contribution in [0.4, 0.5) is 0 Å². The van der Waals surface area contributed by atoms with Crippen LogP contribution in [0.1, 0.15) is 0 Å². The maximum atomic E-state index is 9.93. The lowest BCUT2D eigenvalue weighted by atomic mass is 10.7. The van der Waals surface area contributed by atoms with Gasteiger partial charge in [0.15, 0.2) is 0 Å². The van der Waals surface area contributed by atoms with E-state index in [9.17, 15) is 8.42 Å². The van der Waals surface area contributed by atoms with Gasteiger partial charge in [-0.2, -0.15) is 5.26 Å². The standard InChI is InChI=1S/C3H4N2O2S/c4-2-1-3-8(5,6)7/h1,3H,(H2,5,6,7). The van der Waals surface area contributed by atoms with E-state index in [4.69, 9.17) is 5.26 Å². The Morgan fingerprint density at radius 3 is 2.25 bits per heavy atom. The van der Waals surface area contributed by atoms with Gasteiger partial charge in [0, 0.05) is 6.08 Å². The van der Waals surface area contributed by atoms with E-state index in [0.717, 1.165) is 6.08 Å². The minimum Gasteiger partial charge on any atom is -0.225 e. The first-order chi connectivity index (χ1) is 3.56. The van der Waals surface area contributed by atoms with Gasteiger partial charge in [-0.1, -0.05) is 0 Å². The van der Waals surface area contributed by atoms with Crippen molar-refractivity contribution < 1.29 is 8.42 Å². The second kappa shape index (κ2) is 2.45. The first-order valence-corrected chi connectivity index (χ1v) is 3.26. The summed E-state index contributed by atoms with van der Waals surface area (Å²) < 4.78 is 19.9. The number of rotatable bonds is 1. The van der Waals surface area contributed by atoms with Crippen molar-refractivity contribution in [3.8, 4) is 6.07 Å². The molecule has 5 heteroatoms. The largest absolute Gasteiger partial charge is 0.231 e. The number of primary sulfonamides is 1. The molecule has 8 heavy (non-hydrogen) atoms. The van der Waals surface area contributed by atoms with Crippen LogP contribution in [0.2, 0.25) is 0 Å². The van der Waals surface area contributed by atoms with Gasteiger partial charge in [-0.15, -0.1) is 0 Å². The predicted molar refractivity (Wildman–Crippen MR) is 27.9 cm³/mol. The summed E-state index contributed by atoms with van der Waals surface area (Å²) in [6.45, 7) is 0. The van der Waals surface area contributed by atoms with Crippen molar-refractivity contribution in [1.29, 1.82) is 5.26 Å². The molecular formula is C3H4N2O2S. The zero-order valence-electron chi connectivity index (χ0n) is 3.90. The average Bonchev–Trinajstić information content (AvgIpc) is 1.59. The van der Waals surface area contributed by atoms with Crippen molar-refractivity contribution in [3.05, 3.63) is 11.5 Å². The fourth-order valence-corrected chi connectivity index (χ4v) is 0.376. The van der Waals surface area contributed by atoms with Gasteiger partial charge in [0.1, 0.15) is 0 Å². The number of allylic oxidation sites excluding steroid dienone is 1. The highest BCUT2D eigenvalue weighted by molar-refractivity contribution is 7.92. The maximum Gasteiger partial charge on any atom is 0.231 e. The zero-order valence-corrected chi connectivity index (χ0v) is 4.72. The minimum atomic E-state index is -3.59. The van der Waals surface area contributed by atoms with Crippen LogP contribution < -0.4 is 5.14 Å². The number of nitriles is 1. The molecule has 0 unspecified atom stereocenters. The Hall–Kier alpha value is -0.860. The molecule has 0 aromatic heterocycles. The van der Waals surface area contributed by atoms with Gasteiger partial charge in [0.05, 0.1) is 11.5 Å². The van der Waals surface area contributed by atoms with E-state index in [0.29, 0.717) is 5.41 Å². The third-order valence-electron chi connectivity index (χ3n) is 0.332. The van der Waals surface area contributed by atoms with E-state index in [2.05, 4.69) is 5.14 Å². The molecule has 0 saturated carbocycles. The lowest BCUT2D eigenvalue weighted by molar-refractivity contribution is 0.606. The van der Waals surface area contributed by atoms with E-state index < -0.39 is 10.0 Å². The van der Waals surface area contributed by atoms with E-state index >= 15 is 0 Å². The molecule has 0 aliphatic carbocycles. The van der Waals surface area contributed by atoms with Crippen LogP contribution in [0.25, 0.3) is 0 Å². The molecule has 0 atom stereocenters. The lowest BCUT2D eigenvalue weighted by Gasteiger charge is -1.77. The molecule has 0 spiro atoms. The Morgan fingerprint density at radius 2 is 2.12 bits per heavy atom. The van der Waals surface area contributed by atoms with Crippen molar-refractivity contribution in [1.82, 2.24) is 0 Å². The first kappa shape index (κ1) is 7.14. The summed E-state index contributed by atoms with van der Waals surface area (Å²) in [6.07, 6.45) is 0.801. The highest BCUT2D eigenvalue weighted by atomic mass is 32.2. The molecule has 0 radical (unpaired) electrons. The van der Waals surface area contributed by atoms with Crippen molar-refractivity contribution in [2.75, 3.05) is 0 Å². The van der Waals surface area contributed by atoms with Crippen LogP contribution in [0.5, 0.6) is 0 Å². The van der Waals surface area contributed by atoms with E-state index in [-0.39, 0.29) is 0 Å². The Kier molecular flexibility index (Phi) is 2.19. The smallest absolute Gasteiger partial charge is 0.225 e. The van der Waals surface area contributed by atoms with Gasteiger partial charge in [0.25, 0.3) is 0 Å². The van der Waals surface area contributed by atoms with Gasteiger partial charge >= 0.3 is 0 Å². The first-order valence-electron chi connectivity index (χ1n) is 1.65. The Bertz CT molecular complexity index is 220. The van der Waals surface area contributed by atoms with Gasteiger partial charge in [-0.3, -0.25) is 0 Å². The topological polar surface area (TPSA) is 83.9 Å². The Morgan fingerprint density at radius 1 is 1.62 bits per heavy atom. The molecule has 44 valence electrons. The molecule has 0 aromatic carbocycles. The quantitative estimate of drug-likeness (QED) is 0.479. The average molecular weight is 132 g/mol. The maximum absolute atomic E-state index is 9.93. The number of hydrogen-bond acceptors (Lipinski definition) is 3. The highest BCUT2D eigenvalue weighted by Crippen LogP contribution is 1.76. The zero-order chi connectivity index (χ0) is 6.62. The summed E-state index contributed by atoms with van der Waals surface area (Å²) in [5.41, 5.74) is 0.